The molecule has 0 bridgehead atoms. The van der Waals surface area contributed by atoms with Crippen molar-refractivity contribution in [3.8, 4) is 0 Å². The lowest BCUT2D eigenvalue weighted by molar-refractivity contribution is 0.0499. The Morgan fingerprint density at radius 2 is 2.05 bits per heavy atom. The van der Waals surface area contributed by atoms with Crippen molar-refractivity contribution < 1.29 is 9.90 Å². The first-order chi connectivity index (χ1) is 10.5. The van der Waals surface area contributed by atoms with Crippen LogP contribution in [-0.2, 0) is 6.42 Å². The van der Waals surface area contributed by atoms with Gasteiger partial charge in [0.05, 0.1) is 12.3 Å². The molecule has 5 heteroatoms. The van der Waals surface area contributed by atoms with Gasteiger partial charge in [-0.15, -0.1) is 0 Å². The number of hydrogen-bond acceptors (Lipinski definition) is 4. The number of carbonyl (C=O) groups is 1. The lowest BCUT2D eigenvalue weighted by atomic mass is 9.79. The molecule has 1 amide bonds. The average molecular weight is 299 g/mol. The highest BCUT2D eigenvalue weighted by molar-refractivity contribution is 5.91. The molecule has 0 saturated heterocycles. The highest BCUT2D eigenvalue weighted by Crippen LogP contribution is 2.26. The van der Waals surface area contributed by atoms with E-state index in [9.17, 15) is 9.90 Å². The fraction of sp³-hybridized carbons (Fsp3) is 0.353. The maximum Gasteiger partial charge on any atom is 0.271 e. The van der Waals surface area contributed by atoms with Crippen LogP contribution in [0.25, 0.3) is 0 Å². The lowest BCUT2D eigenvalue weighted by Crippen LogP contribution is -2.44. The normalized spacial score (nSPS) is 14.9. The molecule has 1 aromatic carbocycles. The van der Waals surface area contributed by atoms with Crippen molar-refractivity contribution >= 4 is 5.91 Å². The third-order valence-electron chi connectivity index (χ3n) is 3.91. The molecule has 2 aromatic rings. The molecular weight excluding hydrogens is 278 g/mol. The van der Waals surface area contributed by atoms with Crippen LogP contribution in [0.2, 0.25) is 0 Å². The number of carbonyl (C=O) groups excluding carboxylic acids is 1. The second-order valence-corrected chi connectivity index (χ2v) is 5.77. The van der Waals surface area contributed by atoms with Crippen molar-refractivity contribution in [2.24, 2.45) is 5.41 Å². The molecule has 116 valence electrons. The first-order valence-electron chi connectivity index (χ1n) is 7.27. The number of aromatic nitrogens is 2. The molecule has 0 saturated carbocycles. The molecule has 0 aliphatic heterocycles. The summed E-state index contributed by atoms with van der Waals surface area (Å²) in [5.41, 5.74) is 0.939. The molecule has 0 fully saturated rings. The Hall–Kier alpha value is -2.27. The van der Waals surface area contributed by atoms with E-state index in [0.717, 1.165) is 5.56 Å². The molecule has 1 heterocycles. The maximum absolute atomic E-state index is 12.1. The minimum Gasteiger partial charge on any atom is -0.393 e. The molecule has 22 heavy (non-hydrogen) atoms. The summed E-state index contributed by atoms with van der Waals surface area (Å²) in [5.74, 6) is -0.284. The van der Waals surface area contributed by atoms with Crippen LogP contribution in [0, 0.1) is 5.41 Å². The number of nitrogens with one attached hydrogen (secondary N) is 1. The number of nitrogens with zero attached hydrogens (tertiary/aromatic N) is 2. The Labute approximate surface area is 130 Å². The topological polar surface area (TPSA) is 75.1 Å². The molecule has 5 nitrogen and oxygen atoms in total. The Balaban J connectivity index is 2.04. The van der Waals surface area contributed by atoms with Gasteiger partial charge in [-0.1, -0.05) is 37.3 Å². The van der Waals surface area contributed by atoms with E-state index in [4.69, 9.17) is 0 Å². The molecule has 0 radical (unpaired) electrons. The molecule has 0 unspecified atom stereocenters. The predicted octanol–water partition coefficient (Wildman–Crippen LogP) is 1.84. The van der Waals surface area contributed by atoms with E-state index in [0.29, 0.717) is 13.0 Å². The van der Waals surface area contributed by atoms with E-state index in [-0.39, 0.29) is 11.6 Å². The van der Waals surface area contributed by atoms with Crippen LogP contribution in [-0.4, -0.2) is 33.6 Å². The van der Waals surface area contributed by atoms with Gasteiger partial charge in [0, 0.05) is 24.4 Å². The van der Waals surface area contributed by atoms with E-state index in [2.05, 4.69) is 15.3 Å². The standard InChI is InChI=1S/C17H21N3O2/c1-13(21)17(2,10-14-6-4-3-5-7-14)12-20-16(22)15-11-18-8-9-19-15/h3-9,11,13,21H,10,12H2,1-2H3,(H,20,22)/t13-,17-/m1/s1. The van der Waals surface area contributed by atoms with E-state index >= 15 is 0 Å². The van der Waals surface area contributed by atoms with Crippen LogP contribution in [0.3, 0.4) is 0 Å². The maximum atomic E-state index is 12.1. The van der Waals surface area contributed by atoms with Crippen LogP contribution in [0.15, 0.2) is 48.9 Å². The zero-order chi connectivity index (χ0) is 16.0. The third-order valence-corrected chi connectivity index (χ3v) is 3.91. The molecule has 0 aliphatic carbocycles. The smallest absolute Gasteiger partial charge is 0.271 e. The highest BCUT2D eigenvalue weighted by Gasteiger charge is 2.31. The predicted molar refractivity (Wildman–Crippen MR) is 84.3 cm³/mol. The summed E-state index contributed by atoms with van der Waals surface area (Å²) >= 11 is 0. The monoisotopic (exact) mass is 299 g/mol. The zero-order valence-corrected chi connectivity index (χ0v) is 12.9. The molecule has 0 aliphatic rings. The van der Waals surface area contributed by atoms with Crippen LogP contribution in [0.1, 0.15) is 29.9 Å². The molecule has 2 N–H and O–H groups in total. The first kappa shape index (κ1) is 16.1. The summed E-state index contributed by atoms with van der Waals surface area (Å²) in [6, 6.07) is 9.93. The van der Waals surface area contributed by atoms with E-state index in [1.165, 1.54) is 18.6 Å². The van der Waals surface area contributed by atoms with Gasteiger partial charge in [0.25, 0.3) is 5.91 Å². The van der Waals surface area contributed by atoms with Crippen molar-refractivity contribution in [2.75, 3.05) is 6.54 Å². The Kier molecular flexibility index (Phi) is 5.22. The number of amides is 1. The zero-order valence-electron chi connectivity index (χ0n) is 12.9. The molecule has 2 rings (SSSR count). The second kappa shape index (κ2) is 7.13. The quantitative estimate of drug-likeness (QED) is 0.853. The van der Waals surface area contributed by atoms with Gasteiger partial charge in [0.1, 0.15) is 5.69 Å². The van der Waals surface area contributed by atoms with Crippen LogP contribution >= 0.6 is 0 Å². The Morgan fingerprint density at radius 1 is 1.32 bits per heavy atom. The summed E-state index contributed by atoms with van der Waals surface area (Å²) in [4.78, 5) is 19.9. The van der Waals surface area contributed by atoms with Gasteiger partial charge >= 0.3 is 0 Å². The summed E-state index contributed by atoms with van der Waals surface area (Å²) in [6.45, 7) is 4.06. The SMILES string of the molecule is C[C@@H](O)[C@@](C)(CNC(=O)c1cnccn1)Cc1ccccc1. The number of hydrogen-bond donors (Lipinski definition) is 2. The summed E-state index contributed by atoms with van der Waals surface area (Å²) in [7, 11) is 0. The number of benzene rings is 1. The molecular formula is C17H21N3O2. The van der Waals surface area contributed by atoms with Crippen molar-refractivity contribution in [3.63, 3.8) is 0 Å². The lowest BCUT2D eigenvalue weighted by Gasteiger charge is -2.33. The minimum absolute atomic E-state index is 0.273. The summed E-state index contributed by atoms with van der Waals surface area (Å²) < 4.78 is 0. The average Bonchev–Trinajstić information content (AvgIpc) is 2.54. The van der Waals surface area contributed by atoms with Gasteiger partial charge in [-0.2, -0.15) is 0 Å². The van der Waals surface area contributed by atoms with Gasteiger partial charge in [0.2, 0.25) is 0 Å². The van der Waals surface area contributed by atoms with Crippen molar-refractivity contribution in [3.05, 3.63) is 60.2 Å². The first-order valence-corrected chi connectivity index (χ1v) is 7.27. The number of aliphatic hydroxyl groups is 1. The van der Waals surface area contributed by atoms with Gasteiger partial charge in [-0.05, 0) is 18.9 Å². The van der Waals surface area contributed by atoms with E-state index in [1.54, 1.807) is 6.92 Å². The summed E-state index contributed by atoms with van der Waals surface area (Å²) in [6.07, 6.45) is 4.53. The molecule has 0 spiro atoms. The number of rotatable bonds is 6. The van der Waals surface area contributed by atoms with E-state index in [1.807, 2.05) is 37.3 Å². The van der Waals surface area contributed by atoms with Crippen molar-refractivity contribution in [2.45, 2.75) is 26.4 Å². The van der Waals surface area contributed by atoms with Gasteiger partial charge in [-0.3, -0.25) is 9.78 Å². The minimum atomic E-state index is -0.560. The van der Waals surface area contributed by atoms with Crippen molar-refractivity contribution in [1.82, 2.24) is 15.3 Å². The third kappa shape index (κ3) is 4.11. The fourth-order valence-electron chi connectivity index (χ4n) is 2.21. The fourth-order valence-corrected chi connectivity index (χ4v) is 2.21. The second-order valence-electron chi connectivity index (χ2n) is 5.77. The summed E-state index contributed by atoms with van der Waals surface area (Å²) in [5, 5.41) is 13.0. The van der Waals surface area contributed by atoms with Crippen LogP contribution < -0.4 is 5.32 Å². The van der Waals surface area contributed by atoms with Crippen LogP contribution in [0.5, 0.6) is 0 Å². The molecule has 2 atom stereocenters. The Bertz CT molecular complexity index is 602. The van der Waals surface area contributed by atoms with Crippen molar-refractivity contribution in [1.29, 1.82) is 0 Å². The van der Waals surface area contributed by atoms with Crippen LogP contribution in [0.4, 0.5) is 0 Å². The highest BCUT2D eigenvalue weighted by atomic mass is 16.3. The van der Waals surface area contributed by atoms with Gasteiger partial charge in [0.15, 0.2) is 0 Å². The van der Waals surface area contributed by atoms with Gasteiger partial charge in [-0.25, -0.2) is 4.98 Å². The number of aliphatic hydroxyl groups excluding tert-OH is 1. The van der Waals surface area contributed by atoms with E-state index < -0.39 is 11.5 Å². The van der Waals surface area contributed by atoms with Gasteiger partial charge < -0.3 is 10.4 Å². The Morgan fingerprint density at radius 3 is 2.64 bits per heavy atom. The molecule has 1 aromatic heterocycles. The largest absolute Gasteiger partial charge is 0.393 e.